The van der Waals surface area contributed by atoms with Crippen molar-refractivity contribution in [3.05, 3.63) is 69.3 Å². The molecule has 0 bridgehead atoms. The molecule has 1 saturated heterocycles. The van der Waals surface area contributed by atoms with Crippen LogP contribution in [0.5, 0.6) is 11.5 Å². The minimum absolute atomic E-state index is 0.0874. The van der Waals surface area contributed by atoms with E-state index in [1.165, 1.54) is 49.5 Å². The number of ether oxygens (including phenoxy) is 2. The number of likely N-dealkylation sites (tertiary alicyclic amines) is 1. The second kappa shape index (κ2) is 11.0. The second-order valence-corrected chi connectivity index (χ2v) is 7.94. The first kappa shape index (κ1) is 25.7. The van der Waals surface area contributed by atoms with Gasteiger partial charge in [-0.15, -0.1) is 0 Å². The fourth-order valence-corrected chi connectivity index (χ4v) is 4.16. The first-order chi connectivity index (χ1) is 16.8. The van der Waals surface area contributed by atoms with Gasteiger partial charge in [-0.2, -0.15) is 0 Å². The Hall–Kier alpha value is -3.92. The number of carbonyl (C=O) groups excluding carboxylic acids is 2. The number of aliphatic hydroxyl groups is 1. The third-order valence-electron chi connectivity index (χ3n) is 6.17. The van der Waals surface area contributed by atoms with E-state index in [2.05, 4.69) is 4.90 Å². The van der Waals surface area contributed by atoms with Crippen molar-refractivity contribution in [2.24, 2.45) is 0 Å². The van der Waals surface area contributed by atoms with Gasteiger partial charge in [0.15, 0.2) is 11.5 Å². The van der Waals surface area contributed by atoms with Crippen LogP contribution in [0.3, 0.4) is 0 Å². The molecule has 1 aliphatic heterocycles. The zero-order valence-corrected chi connectivity index (χ0v) is 20.2. The molecule has 1 atom stereocenters. The number of amides is 1. The van der Waals surface area contributed by atoms with E-state index in [-0.39, 0.29) is 29.1 Å². The number of carbonyl (C=O) groups is 2. The van der Waals surface area contributed by atoms with Gasteiger partial charge in [-0.1, -0.05) is 13.8 Å². The average molecular weight is 484 g/mol. The Morgan fingerprint density at radius 1 is 1.06 bits per heavy atom. The van der Waals surface area contributed by atoms with Crippen LogP contribution in [-0.4, -0.2) is 71.9 Å². The second-order valence-electron chi connectivity index (χ2n) is 7.94. The number of methoxy groups -OCH3 is 2. The van der Waals surface area contributed by atoms with Gasteiger partial charge in [0.2, 0.25) is 0 Å². The molecule has 1 amide bonds. The van der Waals surface area contributed by atoms with E-state index >= 15 is 0 Å². The first-order valence-electron chi connectivity index (χ1n) is 11.2. The zero-order chi connectivity index (χ0) is 25.7. The number of hydrogen-bond acceptors (Lipinski definition) is 8. The molecule has 0 saturated carbocycles. The van der Waals surface area contributed by atoms with Crippen molar-refractivity contribution in [1.29, 1.82) is 0 Å². The van der Waals surface area contributed by atoms with Gasteiger partial charge in [-0.3, -0.25) is 19.7 Å². The molecule has 0 spiro atoms. The number of hydrogen-bond donors (Lipinski definition) is 1. The molecule has 35 heavy (non-hydrogen) atoms. The van der Waals surface area contributed by atoms with Crippen LogP contribution >= 0.6 is 0 Å². The summed E-state index contributed by atoms with van der Waals surface area (Å²) in [4.78, 5) is 40.4. The van der Waals surface area contributed by atoms with Crippen molar-refractivity contribution in [3.8, 4) is 11.5 Å². The molecule has 186 valence electrons. The van der Waals surface area contributed by atoms with Crippen molar-refractivity contribution in [2.75, 3.05) is 40.4 Å². The van der Waals surface area contributed by atoms with Crippen LogP contribution in [0, 0.1) is 10.1 Å². The van der Waals surface area contributed by atoms with E-state index in [9.17, 15) is 24.8 Å². The van der Waals surface area contributed by atoms with Crippen molar-refractivity contribution in [2.45, 2.75) is 19.9 Å². The summed E-state index contributed by atoms with van der Waals surface area (Å²) in [5.74, 6) is -1.13. The molecule has 1 heterocycles. The molecule has 1 fully saturated rings. The molecule has 0 aromatic heterocycles. The minimum atomic E-state index is -0.903. The van der Waals surface area contributed by atoms with Crippen molar-refractivity contribution < 1.29 is 29.1 Å². The van der Waals surface area contributed by atoms with Gasteiger partial charge >= 0.3 is 0 Å². The topological polar surface area (TPSA) is 122 Å². The average Bonchev–Trinajstić information content (AvgIpc) is 3.13. The van der Waals surface area contributed by atoms with Crippen LogP contribution in [-0.2, 0) is 9.59 Å². The fourth-order valence-electron chi connectivity index (χ4n) is 4.16. The lowest BCUT2D eigenvalue weighted by Crippen LogP contribution is -2.38. The van der Waals surface area contributed by atoms with Gasteiger partial charge < -0.3 is 24.4 Å². The molecule has 0 radical (unpaired) electrons. The van der Waals surface area contributed by atoms with E-state index in [0.717, 1.165) is 13.1 Å². The number of benzene rings is 2. The Bertz CT molecular complexity index is 1140. The quantitative estimate of drug-likeness (QED) is 0.179. The highest BCUT2D eigenvalue weighted by atomic mass is 16.6. The number of nitrogens with zero attached hydrogens (tertiary/aromatic N) is 3. The maximum Gasteiger partial charge on any atom is 0.295 e. The van der Waals surface area contributed by atoms with Crippen LogP contribution < -0.4 is 9.47 Å². The minimum Gasteiger partial charge on any atom is -0.507 e. The highest BCUT2D eigenvalue weighted by molar-refractivity contribution is 6.46. The summed E-state index contributed by atoms with van der Waals surface area (Å²) in [6.45, 7) is 6.32. The predicted molar refractivity (Wildman–Crippen MR) is 129 cm³/mol. The summed E-state index contributed by atoms with van der Waals surface area (Å²) < 4.78 is 10.5. The number of rotatable bonds is 10. The van der Waals surface area contributed by atoms with E-state index in [1.807, 2.05) is 13.8 Å². The number of nitro benzene ring substituents is 1. The Kier molecular flexibility index (Phi) is 8.08. The van der Waals surface area contributed by atoms with E-state index in [1.54, 1.807) is 12.1 Å². The van der Waals surface area contributed by atoms with Gasteiger partial charge in [0.05, 0.1) is 30.8 Å². The fraction of sp³-hybridized carbons (Fsp3) is 0.360. The van der Waals surface area contributed by atoms with Gasteiger partial charge in [-0.05, 0) is 49.0 Å². The standard InChI is InChI=1S/C25H29N3O7/c1-5-26(6-2)13-14-27-22(16-7-10-18(11-8-16)28(32)33)21(24(30)25(27)31)23(29)17-9-12-19(34-3)20(15-17)35-4/h7-12,15,22,29H,5-6,13-14H2,1-4H3/b23-21-. The van der Waals surface area contributed by atoms with Gasteiger partial charge in [0, 0.05) is 30.8 Å². The summed E-state index contributed by atoms with van der Waals surface area (Å²) in [5, 5.41) is 22.3. The van der Waals surface area contributed by atoms with Crippen LogP contribution in [0.1, 0.15) is 31.0 Å². The van der Waals surface area contributed by atoms with Crippen LogP contribution in [0.15, 0.2) is 48.0 Å². The summed E-state index contributed by atoms with van der Waals surface area (Å²) in [6.07, 6.45) is 0. The molecule has 2 aromatic rings. The monoisotopic (exact) mass is 483 g/mol. The van der Waals surface area contributed by atoms with E-state index < -0.39 is 22.7 Å². The summed E-state index contributed by atoms with van der Waals surface area (Å²) >= 11 is 0. The highest BCUT2D eigenvalue weighted by Gasteiger charge is 2.46. The molecule has 10 nitrogen and oxygen atoms in total. The number of nitro groups is 1. The Morgan fingerprint density at radius 2 is 1.69 bits per heavy atom. The van der Waals surface area contributed by atoms with Crippen molar-refractivity contribution in [1.82, 2.24) is 9.80 Å². The zero-order valence-electron chi connectivity index (χ0n) is 20.2. The van der Waals surface area contributed by atoms with Crippen LogP contribution in [0.4, 0.5) is 5.69 Å². The lowest BCUT2D eigenvalue weighted by atomic mass is 9.95. The van der Waals surface area contributed by atoms with Crippen molar-refractivity contribution in [3.63, 3.8) is 0 Å². The number of ketones is 1. The van der Waals surface area contributed by atoms with Crippen LogP contribution in [0.25, 0.3) is 5.76 Å². The molecule has 1 aliphatic rings. The SMILES string of the molecule is CCN(CC)CCN1C(=O)C(=O)/C(=C(\O)c2ccc(OC)c(OC)c2)C1c1ccc([N+](=O)[O-])cc1. The van der Waals surface area contributed by atoms with Gasteiger partial charge in [0.25, 0.3) is 17.4 Å². The Balaban J connectivity index is 2.14. The molecular formula is C25H29N3O7. The predicted octanol–water partition coefficient (Wildman–Crippen LogP) is 3.38. The summed E-state index contributed by atoms with van der Waals surface area (Å²) in [7, 11) is 2.93. The molecule has 3 rings (SSSR count). The van der Waals surface area contributed by atoms with Gasteiger partial charge in [-0.25, -0.2) is 0 Å². The lowest BCUT2D eigenvalue weighted by Gasteiger charge is -2.28. The lowest BCUT2D eigenvalue weighted by molar-refractivity contribution is -0.384. The number of Topliss-reactive ketones (excluding diaryl/α,β-unsaturated/α-hetero) is 1. The summed E-state index contributed by atoms with van der Waals surface area (Å²) in [5.41, 5.74) is 0.553. The molecule has 1 N–H and O–H groups in total. The summed E-state index contributed by atoms with van der Waals surface area (Å²) in [6, 6.07) is 9.40. The third kappa shape index (κ3) is 5.12. The van der Waals surface area contributed by atoms with Crippen molar-refractivity contribution >= 4 is 23.1 Å². The molecule has 10 heteroatoms. The molecule has 0 aliphatic carbocycles. The number of aliphatic hydroxyl groups excluding tert-OH is 1. The molecule has 2 aromatic carbocycles. The molecule has 1 unspecified atom stereocenters. The van der Waals surface area contributed by atoms with E-state index in [0.29, 0.717) is 23.6 Å². The maximum atomic E-state index is 13.2. The number of non-ortho nitro benzene ring substituents is 1. The highest BCUT2D eigenvalue weighted by Crippen LogP contribution is 2.40. The normalized spacial score (nSPS) is 17.2. The van der Waals surface area contributed by atoms with Crippen LogP contribution in [0.2, 0.25) is 0 Å². The maximum absolute atomic E-state index is 13.2. The Labute approximate surface area is 203 Å². The smallest absolute Gasteiger partial charge is 0.295 e. The van der Waals surface area contributed by atoms with Gasteiger partial charge in [0.1, 0.15) is 5.76 Å². The largest absolute Gasteiger partial charge is 0.507 e. The van der Waals surface area contributed by atoms with E-state index in [4.69, 9.17) is 9.47 Å². The third-order valence-corrected chi connectivity index (χ3v) is 6.17. The molecular weight excluding hydrogens is 454 g/mol. The number of likely N-dealkylation sites (N-methyl/N-ethyl adjacent to an activating group) is 1. The Morgan fingerprint density at radius 3 is 2.23 bits per heavy atom. The first-order valence-corrected chi connectivity index (χ1v) is 11.2.